The molecule has 10 rings (SSSR count). The molecular formula is C64H108N2O51. The summed E-state index contributed by atoms with van der Waals surface area (Å²) in [6, 6.07) is -3.64. The largest absolute Gasteiger partial charge is 0.394 e. The van der Waals surface area contributed by atoms with Crippen LogP contribution in [0.1, 0.15) is 13.8 Å². The van der Waals surface area contributed by atoms with Crippen LogP contribution >= 0.6 is 0 Å². The summed E-state index contributed by atoms with van der Waals surface area (Å²) in [7, 11) is 0. The molecule has 53 nitrogen and oxygen atoms in total. The van der Waals surface area contributed by atoms with E-state index in [4.69, 9.17) is 90.0 Å². The number of hydrogen-bond acceptors (Lipinski definition) is 51. The molecule has 0 aliphatic carbocycles. The van der Waals surface area contributed by atoms with Crippen LogP contribution in [0.2, 0.25) is 0 Å². The first-order valence-electron chi connectivity index (χ1n) is 37.2. The Kier molecular flexibility index (Phi) is 34.4. The van der Waals surface area contributed by atoms with Crippen LogP contribution in [0.25, 0.3) is 0 Å². The molecular weight excluding hydrogens is 1610 g/mol. The summed E-state index contributed by atoms with van der Waals surface area (Å²) < 4.78 is 111. The first-order chi connectivity index (χ1) is 55.4. The topological polar surface area (TPSA) is 840 Å². The van der Waals surface area contributed by atoms with Gasteiger partial charge in [-0.1, -0.05) is 0 Å². The van der Waals surface area contributed by atoms with Crippen molar-refractivity contribution in [2.75, 3.05) is 66.1 Å². The second-order valence-corrected chi connectivity index (χ2v) is 29.5. The van der Waals surface area contributed by atoms with Crippen LogP contribution in [0.15, 0.2) is 0 Å². The van der Waals surface area contributed by atoms with Crippen LogP contribution in [0.5, 0.6) is 0 Å². The molecule has 0 bridgehead atoms. The van der Waals surface area contributed by atoms with Crippen LogP contribution in [0.3, 0.4) is 0 Å². The van der Waals surface area contributed by atoms with Gasteiger partial charge in [0.15, 0.2) is 62.9 Å². The van der Waals surface area contributed by atoms with Gasteiger partial charge >= 0.3 is 0 Å². The quantitative estimate of drug-likeness (QED) is 0.0318. The van der Waals surface area contributed by atoms with Crippen LogP contribution in [0, 0.1) is 0 Å². The van der Waals surface area contributed by atoms with Crippen LogP contribution in [-0.4, -0.2) is 538 Å². The van der Waals surface area contributed by atoms with Crippen molar-refractivity contribution in [2.24, 2.45) is 0 Å². The Labute approximate surface area is 660 Å². The van der Waals surface area contributed by atoms with Crippen molar-refractivity contribution in [3.8, 4) is 0 Å². The van der Waals surface area contributed by atoms with Gasteiger partial charge in [0.2, 0.25) is 11.8 Å². The molecule has 53 heteroatoms. The highest BCUT2D eigenvalue weighted by Crippen LogP contribution is 2.41. The Bertz CT molecular complexity index is 3050. The van der Waals surface area contributed by atoms with Crippen molar-refractivity contribution < 1.29 is 253 Å². The second kappa shape index (κ2) is 41.9. The van der Waals surface area contributed by atoms with Gasteiger partial charge < -0.3 is 254 Å². The molecule has 10 saturated heterocycles. The number of carbonyl (C=O) groups is 2. The van der Waals surface area contributed by atoms with Gasteiger partial charge in [0.25, 0.3) is 0 Å². The molecule has 50 atom stereocenters. The van der Waals surface area contributed by atoms with E-state index in [1.165, 1.54) is 0 Å². The smallest absolute Gasteiger partial charge is 0.217 e. The van der Waals surface area contributed by atoms with Crippen LogP contribution < -0.4 is 10.6 Å². The monoisotopic (exact) mass is 1720 g/mol. The van der Waals surface area contributed by atoms with Crippen molar-refractivity contribution in [2.45, 2.75) is 321 Å². The number of hydrogen-bond donors (Lipinski definition) is 32. The predicted octanol–water partition coefficient (Wildman–Crippen LogP) is -22.5. The van der Waals surface area contributed by atoms with E-state index < -0.39 is 385 Å². The van der Waals surface area contributed by atoms with Gasteiger partial charge in [-0.25, -0.2) is 0 Å². The Hall–Kier alpha value is -3.02. The highest BCUT2D eigenvalue weighted by Gasteiger charge is 2.61. The number of carbonyl (C=O) groups excluding carboxylic acids is 2. The van der Waals surface area contributed by atoms with Gasteiger partial charge in [0.05, 0.1) is 66.1 Å². The molecule has 0 unspecified atom stereocenters. The fourth-order valence-corrected chi connectivity index (χ4v) is 15.0. The van der Waals surface area contributed by atoms with Crippen molar-refractivity contribution >= 4 is 11.8 Å². The summed E-state index contributed by atoms with van der Waals surface area (Å²) in [5, 5.41) is 336. The standard InChI is InChI=1S/C64H108N2O51/c1-13(75)65-25-35(85)48(21(9-73)101-55(25)98)111-56-26(66-14(2)76)36(86)49(22(10-74)108-56)112-61-47(97)51(114-63-54(42(92)32(82)19(7-71)106-63)117-64-53(41(91)31(81)20(8-72)107-64)116-60-45(95)39(89)29(79)17(5-69)104-60)34(84)24(110-61)11-99-57-46(96)50(113-58-43(93)37(87)27(77)15(3-67)102-58)33(83)23(109-57)12-100-62-52(40(90)30(80)18(6-70)105-62)115-59-44(94)38(88)28(78)16(4-68)103-59/h15-64,67-74,77-98H,3-12H2,1-2H3,(H,65,75)(H,66,76)/t15-,16-,17-,18-,19-,20-,21-,22-,23-,24-,25-,26-,27-,28-,29-,30-,31-,32-,33-,34-,35-,36-,37+,38+,39+,40+,41+,42+,43+,44+,45+,46+,47+,48-,49-,50+,51+,52+,53+,54+,55-,56-,57+,58-,59-,60-,61+,62+,63-,64-/m1/s1. The Morgan fingerprint density at radius 2 is 0.470 bits per heavy atom. The van der Waals surface area contributed by atoms with E-state index in [0.29, 0.717) is 0 Å². The van der Waals surface area contributed by atoms with Gasteiger partial charge in [0.1, 0.15) is 244 Å². The van der Waals surface area contributed by atoms with E-state index in [9.17, 15) is 163 Å². The number of aliphatic hydroxyl groups excluding tert-OH is 30. The van der Waals surface area contributed by atoms with E-state index in [2.05, 4.69) is 10.6 Å². The van der Waals surface area contributed by atoms with Gasteiger partial charge in [-0.15, -0.1) is 0 Å². The first kappa shape index (κ1) is 96.2. The average molecular weight is 1720 g/mol. The van der Waals surface area contributed by atoms with E-state index in [1.54, 1.807) is 0 Å². The lowest BCUT2D eigenvalue weighted by Crippen LogP contribution is -2.70. The lowest BCUT2D eigenvalue weighted by Gasteiger charge is -2.51. The average Bonchev–Trinajstić information content (AvgIpc) is 0.767. The third-order valence-corrected chi connectivity index (χ3v) is 21.7. The summed E-state index contributed by atoms with van der Waals surface area (Å²) >= 11 is 0. The zero-order valence-electron chi connectivity index (χ0n) is 61.9. The molecule has 2 amide bonds. The first-order valence-corrected chi connectivity index (χ1v) is 37.2. The van der Waals surface area contributed by atoms with Crippen molar-refractivity contribution in [1.82, 2.24) is 10.6 Å². The minimum atomic E-state index is -2.64. The molecule has 32 N–H and O–H groups in total. The maximum absolute atomic E-state index is 13.0. The number of aliphatic hydroxyl groups is 30. The third-order valence-electron chi connectivity index (χ3n) is 21.7. The van der Waals surface area contributed by atoms with Gasteiger partial charge in [0, 0.05) is 13.8 Å². The highest BCUT2D eigenvalue weighted by atomic mass is 16.8. The molecule has 0 aromatic rings. The van der Waals surface area contributed by atoms with Crippen molar-refractivity contribution in [1.29, 1.82) is 0 Å². The highest BCUT2D eigenvalue weighted by molar-refractivity contribution is 5.73. The van der Waals surface area contributed by atoms with Gasteiger partial charge in [-0.2, -0.15) is 0 Å². The molecule has 117 heavy (non-hydrogen) atoms. The summed E-state index contributed by atoms with van der Waals surface area (Å²) in [6.07, 6.45) is -104. The van der Waals surface area contributed by atoms with E-state index >= 15 is 0 Å². The van der Waals surface area contributed by atoms with Crippen LogP contribution in [-0.2, 0) is 99.6 Å². The molecule has 10 fully saturated rings. The predicted molar refractivity (Wildman–Crippen MR) is 353 cm³/mol. The third kappa shape index (κ3) is 20.7. The summed E-state index contributed by atoms with van der Waals surface area (Å²) in [4.78, 5) is 25.2. The normalized spacial score (nSPS) is 51.5. The molecule has 0 saturated carbocycles. The number of amides is 2. The molecule has 10 aliphatic rings. The Morgan fingerprint density at radius 1 is 0.222 bits per heavy atom. The fraction of sp³-hybridized carbons (Fsp3) is 0.969. The minimum Gasteiger partial charge on any atom is -0.394 e. The number of nitrogens with one attached hydrogen (secondary N) is 2. The van der Waals surface area contributed by atoms with Crippen molar-refractivity contribution in [3.05, 3.63) is 0 Å². The van der Waals surface area contributed by atoms with E-state index in [0.717, 1.165) is 13.8 Å². The molecule has 680 valence electrons. The SMILES string of the molecule is CC(=O)N[C@@H]1[C@@H](O)[C@H](O[C@H]2O[C@H](CO)[C@@H](O[C@@H]3O[C@H](CO[C@H]4O[C@H](CO[C@H]5O[C@H](CO)[C@@H](O)[C@H](O)[C@@H]5O[C@H]5O[C@H](CO)[C@@H](O)[C@H](O)[C@@H]5O)[C@@H](O)[C@H](O[C@H]5O[C@H](CO)[C@@H](O)[C@H](O)[C@@H]5O)[C@@H]4O)[C@@H](O)[C@H](O[C@H]4O[C@H](CO)[C@@H](O)[C@H](O)[C@@H]4O[C@H]4O[C@H](CO)[C@@H](O)[C@H](O)[C@@H]4O[C@H]4O[C@H](CO)[C@@H](O)[C@H](O)[C@@H]4O)[C@@H]3O)[C@H](O)[C@H]2NC(C)=O)[C@@H](CO)O[C@H]1O. The summed E-state index contributed by atoms with van der Waals surface area (Å²) in [6.45, 7) is -9.28. The molecule has 10 heterocycles. The summed E-state index contributed by atoms with van der Waals surface area (Å²) in [5.41, 5.74) is 0. The fourth-order valence-electron chi connectivity index (χ4n) is 15.0. The molecule has 0 spiro atoms. The lowest BCUT2D eigenvalue weighted by molar-refractivity contribution is -0.408. The molecule has 10 aliphatic heterocycles. The Morgan fingerprint density at radius 3 is 0.855 bits per heavy atom. The van der Waals surface area contributed by atoms with Crippen molar-refractivity contribution in [3.63, 3.8) is 0 Å². The van der Waals surface area contributed by atoms with E-state index in [-0.39, 0.29) is 0 Å². The van der Waals surface area contributed by atoms with Crippen LogP contribution in [0.4, 0.5) is 0 Å². The summed E-state index contributed by atoms with van der Waals surface area (Å²) in [5.74, 6) is -1.78. The molecule has 0 aromatic heterocycles. The number of rotatable bonds is 30. The Balaban J connectivity index is 0.996. The van der Waals surface area contributed by atoms with E-state index in [1.807, 2.05) is 0 Å². The molecule has 0 aromatic carbocycles. The second-order valence-electron chi connectivity index (χ2n) is 29.5. The molecule has 0 radical (unpaired) electrons. The maximum Gasteiger partial charge on any atom is 0.217 e. The van der Waals surface area contributed by atoms with Gasteiger partial charge in [-0.3, -0.25) is 9.59 Å². The minimum absolute atomic E-state index is 0.805. The zero-order chi connectivity index (χ0) is 85.9. The number of ether oxygens (including phenoxy) is 19. The lowest BCUT2D eigenvalue weighted by atomic mass is 9.94. The zero-order valence-corrected chi connectivity index (χ0v) is 61.9. The van der Waals surface area contributed by atoms with Gasteiger partial charge in [-0.05, 0) is 0 Å². The maximum atomic E-state index is 13.0.